The van der Waals surface area contributed by atoms with Crippen molar-refractivity contribution in [3.8, 4) is 0 Å². The van der Waals surface area contributed by atoms with E-state index < -0.39 is 14.6 Å². The maximum atomic E-state index is 11.7. The first kappa shape index (κ1) is 13.3. The van der Waals surface area contributed by atoms with Gasteiger partial charge in [-0.2, -0.15) is 16.9 Å². The average molecular weight is 225 g/mol. The van der Waals surface area contributed by atoms with Crippen molar-refractivity contribution in [1.82, 2.24) is 4.31 Å². The fraction of sp³-hybridized carbons (Fsp3) is 1.00. The summed E-state index contributed by atoms with van der Waals surface area (Å²) in [5.41, 5.74) is -0.337. The van der Waals surface area contributed by atoms with Crippen molar-refractivity contribution < 1.29 is 8.42 Å². The van der Waals surface area contributed by atoms with Gasteiger partial charge in [-0.1, -0.05) is 6.92 Å². The zero-order chi connectivity index (χ0) is 10.9. The molecule has 0 rings (SSSR count). The second-order valence-electron chi connectivity index (χ2n) is 3.78. The lowest BCUT2D eigenvalue weighted by Gasteiger charge is -2.34. The van der Waals surface area contributed by atoms with Crippen LogP contribution in [0.25, 0.3) is 0 Å². The first-order valence-corrected chi connectivity index (χ1v) is 6.34. The summed E-state index contributed by atoms with van der Waals surface area (Å²) in [5, 5.41) is 0. The third kappa shape index (κ3) is 2.86. The smallest absolute Gasteiger partial charge is 0.211 e. The van der Waals surface area contributed by atoms with Gasteiger partial charge in [0.25, 0.3) is 0 Å². The summed E-state index contributed by atoms with van der Waals surface area (Å²) in [5.74, 6) is 0. The van der Waals surface area contributed by atoms with Crippen LogP contribution in [0.4, 0.5) is 0 Å². The van der Waals surface area contributed by atoms with Gasteiger partial charge in [-0.3, -0.25) is 0 Å². The Morgan fingerprint density at radius 1 is 1.46 bits per heavy atom. The van der Waals surface area contributed by atoms with Gasteiger partial charge in [0.1, 0.15) is 4.58 Å². The second kappa shape index (κ2) is 4.19. The number of hydrogen-bond acceptors (Lipinski definition) is 3. The predicted octanol–water partition coefficient (Wildman–Crippen LogP) is 1.71. The molecule has 80 valence electrons. The molecular formula is C8H19NO2S2. The molecule has 0 saturated heterocycles. The van der Waals surface area contributed by atoms with Crippen molar-refractivity contribution in [2.45, 2.75) is 44.2 Å². The number of sulfonamides is 1. The van der Waals surface area contributed by atoms with E-state index in [0.29, 0.717) is 0 Å². The van der Waals surface area contributed by atoms with Crippen LogP contribution in [0.5, 0.6) is 0 Å². The molecular weight excluding hydrogens is 206 g/mol. The summed E-state index contributed by atoms with van der Waals surface area (Å²) in [6.45, 7) is 7.34. The predicted molar refractivity (Wildman–Crippen MR) is 59.5 cm³/mol. The van der Waals surface area contributed by atoms with Crippen molar-refractivity contribution in [3.05, 3.63) is 0 Å². The molecule has 13 heavy (non-hydrogen) atoms. The lowest BCUT2D eigenvalue weighted by atomic mass is 10.0. The molecule has 0 N–H and O–H groups in total. The van der Waals surface area contributed by atoms with Gasteiger partial charge in [0.15, 0.2) is 0 Å². The normalized spacial score (nSPS) is 16.2. The van der Waals surface area contributed by atoms with Gasteiger partial charge in [0, 0.05) is 12.6 Å². The van der Waals surface area contributed by atoms with Gasteiger partial charge in [0.2, 0.25) is 10.0 Å². The van der Waals surface area contributed by atoms with Gasteiger partial charge in [-0.15, -0.1) is 0 Å². The lowest BCUT2D eigenvalue weighted by molar-refractivity contribution is 0.257. The van der Waals surface area contributed by atoms with Crippen LogP contribution < -0.4 is 0 Å². The van der Waals surface area contributed by atoms with Gasteiger partial charge < -0.3 is 0 Å². The Morgan fingerprint density at radius 3 is 2.08 bits per heavy atom. The Labute approximate surface area is 87.0 Å². The highest BCUT2D eigenvalue weighted by Gasteiger charge is 2.33. The SMILES string of the molecule is CCC(C)(C)N(C)S(=O)(=O)C(C)S. The minimum Gasteiger partial charge on any atom is -0.211 e. The molecule has 1 atom stereocenters. The van der Waals surface area contributed by atoms with Crippen LogP contribution in [0.3, 0.4) is 0 Å². The molecule has 0 bridgehead atoms. The first-order valence-electron chi connectivity index (χ1n) is 4.32. The number of hydrogen-bond donors (Lipinski definition) is 1. The molecule has 0 fully saturated rings. The quantitative estimate of drug-likeness (QED) is 0.740. The molecule has 0 spiro atoms. The Bertz CT molecular complexity index is 257. The molecule has 0 aliphatic heterocycles. The molecule has 3 nitrogen and oxygen atoms in total. The summed E-state index contributed by atoms with van der Waals surface area (Å²) in [7, 11) is -1.65. The molecule has 0 aromatic rings. The molecule has 0 aromatic heterocycles. The summed E-state index contributed by atoms with van der Waals surface area (Å²) in [4.78, 5) is 0. The molecule has 0 heterocycles. The minimum absolute atomic E-state index is 0.337. The van der Waals surface area contributed by atoms with Crippen LogP contribution in [-0.2, 0) is 10.0 Å². The van der Waals surface area contributed by atoms with E-state index in [9.17, 15) is 8.42 Å². The summed E-state index contributed by atoms with van der Waals surface area (Å²) in [6, 6.07) is 0. The van der Waals surface area contributed by atoms with E-state index in [2.05, 4.69) is 12.6 Å². The fourth-order valence-corrected chi connectivity index (χ4v) is 2.50. The zero-order valence-electron chi connectivity index (χ0n) is 8.90. The second-order valence-corrected chi connectivity index (χ2v) is 7.19. The Balaban J connectivity index is 4.91. The minimum atomic E-state index is -3.25. The maximum Gasteiger partial charge on any atom is 0.226 e. The van der Waals surface area contributed by atoms with Crippen molar-refractivity contribution in [3.63, 3.8) is 0 Å². The molecule has 0 radical (unpaired) electrons. The van der Waals surface area contributed by atoms with E-state index in [0.717, 1.165) is 6.42 Å². The summed E-state index contributed by atoms with van der Waals surface area (Å²) < 4.78 is 24.1. The third-order valence-electron chi connectivity index (χ3n) is 2.53. The lowest BCUT2D eigenvalue weighted by Crippen LogP contribution is -2.46. The monoisotopic (exact) mass is 225 g/mol. The van der Waals surface area contributed by atoms with Crippen molar-refractivity contribution in [2.24, 2.45) is 0 Å². The molecule has 5 heteroatoms. The average Bonchev–Trinajstić information content (AvgIpc) is 2.02. The highest BCUT2D eigenvalue weighted by Crippen LogP contribution is 2.23. The van der Waals surface area contributed by atoms with Gasteiger partial charge in [-0.25, -0.2) is 8.42 Å². The maximum absolute atomic E-state index is 11.7. The Morgan fingerprint density at radius 2 is 1.85 bits per heavy atom. The van der Waals surface area contributed by atoms with Crippen LogP contribution in [0.1, 0.15) is 34.1 Å². The highest BCUT2D eigenvalue weighted by atomic mass is 32.3. The number of thiol groups is 1. The molecule has 0 aliphatic rings. The molecule has 0 saturated carbocycles. The van der Waals surface area contributed by atoms with Gasteiger partial charge in [-0.05, 0) is 27.2 Å². The summed E-state index contributed by atoms with van der Waals surface area (Å²) in [6.07, 6.45) is 0.781. The van der Waals surface area contributed by atoms with Crippen molar-refractivity contribution >= 4 is 22.7 Å². The van der Waals surface area contributed by atoms with E-state index in [4.69, 9.17) is 0 Å². The molecule has 0 aromatic carbocycles. The number of rotatable bonds is 4. The van der Waals surface area contributed by atoms with Crippen LogP contribution >= 0.6 is 12.6 Å². The standard InChI is InChI=1S/C8H19NO2S2/c1-6-8(3,4)9(5)13(10,11)7(2)12/h7,12H,6H2,1-5H3. The fourth-order valence-electron chi connectivity index (χ4n) is 0.796. The van der Waals surface area contributed by atoms with Crippen LogP contribution in [-0.4, -0.2) is 29.9 Å². The van der Waals surface area contributed by atoms with Crippen LogP contribution in [0.2, 0.25) is 0 Å². The topological polar surface area (TPSA) is 37.4 Å². The van der Waals surface area contributed by atoms with E-state index >= 15 is 0 Å². The van der Waals surface area contributed by atoms with E-state index in [1.807, 2.05) is 20.8 Å². The molecule has 0 aliphatic carbocycles. The summed E-state index contributed by atoms with van der Waals surface area (Å²) >= 11 is 3.96. The van der Waals surface area contributed by atoms with Crippen LogP contribution in [0, 0.1) is 0 Å². The van der Waals surface area contributed by atoms with E-state index in [1.165, 1.54) is 4.31 Å². The third-order valence-corrected chi connectivity index (χ3v) is 5.45. The van der Waals surface area contributed by atoms with E-state index in [1.54, 1.807) is 14.0 Å². The van der Waals surface area contributed by atoms with Crippen molar-refractivity contribution in [2.75, 3.05) is 7.05 Å². The first-order chi connectivity index (χ1) is 5.66. The molecule has 0 amide bonds. The molecule has 1 unspecified atom stereocenters. The van der Waals surface area contributed by atoms with Gasteiger partial charge in [0.05, 0.1) is 0 Å². The van der Waals surface area contributed by atoms with Crippen LogP contribution in [0.15, 0.2) is 0 Å². The highest BCUT2D eigenvalue weighted by molar-refractivity contribution is 8.03. The number of nitrogens with zero attached hydrogens (tertiary/aromatic N) is 1. The Kier molecular flexibility index (Phi) is 4.27. The zero-order valence-corrected chi connectivity index (χ0v) is 10.6. The largest absolute Gasteiger partial charge is 0.226 e. The van der Waals surface area contributed by atoms with Crippen molar-refractivity contribution in [1.29, 1.82) is 0 Å². The van der Waals surface area contributed by atoms with Gasteiger partial charge >= 0.3 is 0 Å². The van der Waals surface area contributed by atoms with E-state index in [-0.39, 0.29) is 5.54 Å². The Hall–Kier alpha value is 0.260.